The van der Waals surface area contributed by atoms with Gasteiger partial charge in [0, 0.05) is 17.1 Å². The summed E-state index contributed by atoms with van der Waals surface area (Å²) in [7, 11) is 0. The summed E-state index contributed by atoms with van der Waals surface area (Å²) < 4.78 is 11.1. The molecule has 0 amide bonds. The van der Waals surface area contributed by atoms with Crippen molar-refractivity contribution in [2.24, 2.45) is 0 Å². The Kier molecular flexibility index (Phi) is 3.20. The molecule has 22 heavy (non-hydrogen) atoms. The highest BCUT2D eigenvalue weighted by Crippen LogP contribution is 2.34. The second-order valence-electron chi connectivity index (χ2n) is 4.84. The van der Waals surface area contributed by atoms with E-state index >= 15 is 0 Å². The molecule has 0 atom stereocenters. The van der Waals surface area contributed by atoms with E-state index in [1.807, 2.05) is 42.5 Å². The molecule has 0 saturated carbocycles. The largest absolute Gasteiger partial charge is 0.486 e. The van der Waals surface area contributed by atoms with Gasteiger partial charge in [-0.15, -0.1) is 0 Å². The summed E-state index contributed by atoms with van der Waals surface area (Å²) >= 11 is 6.00. The minimum atomic E-state index is 0.207. The third kappa shape index (κ3) is 2.40. The number of anilines is 2. The second kappa shape index (κ2) is 5.35. The third-order valence-electron chi connectivity index (χ3n) is 3.38. The minimum Gasteiger partial charge on any atom is -0.486 e. The Bertz CT molecular complexity index is 854. The molecule has 0 fully saturated rings. The zero-order valence-electron chi connectivity index (χ0n) is 11.5. The Morgan fingerprint density at radius 2 is 1.77 bits per heavy atom. The Balaban J connectivity index is 1.74. The summed E-state index contributed by atoms with van der Waals surface area (Å²) in [5.41, 5.74) is 1.65. The maximum absolute atomic E-state index is 6.00. The van der Waals surface area contributed by atoms with Crippen LogP contribution in [0.25, 0.3) is 10.9 Å². The van der Waals surface area contributed by atoms with E-state index in [-0.39, 0.29) is 5.28 Å². The van der Waals surface area contributed by atoms with Crippen LogP contribution >= 0.6 is 11.6 Å². The Labute approximate surface area is 131 Å². The summed E-state index contributed by atoms with van der Waals surface area (Å²) in [6.45, 7) is 1.13. The van der Waals surface area contributed by atoms with Crippen molar-refractivity contribution < 1.29 is 9.47 Å². The Hall–Kier alpha value is -2.53. The lowest BCUT2D eigenvalue weighted by atomic mass is 10.2. The number of benzene rings is 2. The molecular formula is C16H12ClN3O2. The summed E-state index contributed by atoms with van der Waals surface area (Å²) in [5.74, 6) is 2.13. The van der Waals surface area contributed by atoms with Gasteiger partial charge in [0.1, 0.15) is 19.0 Å². The maximum atomic E-state index is 6.00. The van der Waals surface area contributed by atoms with Crippen molar-refractivity contribution in [3.63, 3.8) is 0 Å². The summed E-state index contributed by atoms with van der Waals surface area (Å²) in [6, 6.07) is 13.4. The van der Waals surface area contributed by atoms with Gasteiger partial charge in [-0.1, -0.05) is 12.1 Å². The predicted octanol–water partition coefficient (Wildman–Crippen LogP) is 3.80. The number of hydrogen-bond donors (Lipinski definition) is 1. The number of nitrogens with zero attached hydrogens (tertiary/aromatic N) is 2. The molecule has 5 nitrogen and oxygen atoms in total. The van der Waals surface area contributed by atoms with Gasteiger partial charge in [-0.2, -0.15) is 4.98 Å². The highest BCUT2D eigenvalue weighted by atomic mass is 35.5. The number of hydrogen-bond acceptors (Lipinski definition) is 5. The van der Waals surface area contributed by atoms with Crippen molar-refractivity contribution in [2.75, 3.05) is 18.5 Å². The van der Waals surface area contributed by atoms with Crippen molar-refractivity contribution in [3.8, 4) is 11.5 Å². The van der Waals surface area contributed by atoms with Crippen LogP contribution in [-0.2, 0) is 0 Å². The summed E-state index contributed by atoms with van der Waals surface area (Å²) in [6.07, 6.45) is 0. The molecule has 0 aliphatic carbocycles. The van der Waals surface area contributed by atoms with Crippen LogP contribution in [0.1, 0.15) is 0 Å². The average molecular weight is 314 g/mol. The third-order valence-corrected chi connectivity index (χ3v) is 3.55. The van der Waals surface area contributed by atoms with Crippen LogP contribution in [0.3, 0.4) is 0 Å². The molecule has 0 bridgehead atoms. The van der Waals surface area contributed by atoms with Crippen molar-refractivity contribution in [1.82, 2.24) is 9.97 Å². The predicted molar refractivity (Wildman–Crippen MR) is 85.3 cm³/mol. The van der Waals surface area contributed by atoms with E-state index in [1.54, 1.807) is 0 Å². The minimum absolute atomic E-state index is 0.207. The highest BCUT2D eigenvalue weighted by Gasteiger charge is 2.13. The number of rotatable bonds is 2. The second-order valence-corrected chi connectivity index (χ2v) is 5.18. The van der Waals surface area contributed by atoms with Crippen LogP contribution in [0.2, 0.25) is 5.28 Å². The summed E-state index contributed by atoms with van der Waals surface area (Å²) in [4.78, 5) is 8.50. The van der Waals surface area contributed by atoms with E-state index in [9.17, 15) is 0 Å². The Morgan fingerprint density at radius 3 is 2.68 bits per heavy atom. The van der Waals surface area contributed by atoms with Gasteiger partial charge in [0.2, 0.25) is 5.28 Å². The van der Waals surface area contributed by atoms with Gasteiger partial charge in [-0.3, -0.25) is 0 Å². The first-order chi connectivity index (χ1) is 10.8. The van der Waals surface area contributed by atoms with Crippen LogP contribution in [0.5, 0.6) is 11.5 Å². The molecule has 2 heterocycles. The molecule has 2 aromatic carbocycles. The van der Waals surface area contributed by atoms with Crippen LogP contribution in [0, 0.1) is 0 Å². The first-order valence-electron chi connectivity index (χ1n) is 6.88. The van der Waals surface area contributed by atoms with E-state index in [1.165, 1.54) is 0 Å². The Morgan fingerprint density at radius 1 is 0.955 bits per heavy atom. The molecule has 0 radical (unpaired) electrons. The van der Waals surface area contributed by atoms with Crippen LogP contribution in [0.4, 0.5) is 11.5 Å². The molecule has 0 unspecified atom stereocenters. The number of halogens is 1. The van der Waals surface area contributed by atoms with Crippen LogP contribution in [-0.4, -0.2) is 23.2 Å². The zero-order valence-corrected chi connectivity index (χ0v) is 12.3. The molecule has 1 aliphatic rings. The number of aromatic nitrogens is 2. The smallest absolute Gasteiger partial charge is 0.224 e. The fourth-order valence-corrected chi connectivity index (χ4v) is 2.58. The van der Waals surface area contributed by atoms with E-state index < -0.39 is 0 Å². The number of nitrogens with one attached hydrogen (secondary N) is 1. The van der Waals surface area contributed by atoms with Crippen molar-refractivity contribution in [1.29, 1.82) is 0 Å². The van der Waals surface area contributed by atoms with Gasteiger partial charge in [0.25, 0.3) is 0 Å². The van der Waals surface area contributed by atoms with Crippen molar-refractivity contribution in [2.45, 2.75) is 0 Å². The molecule has 0 saturated heterocycles. The van der Waals surface area contributed by atoms with Gasteiger partial charge >= 0.3 is 0 Å². The fourth-order valence-electron chi connectivity index (χ4n) is 2.40. The first-order valence-corrected chi connectivity index (χ1v) is 7.26. The molecule has 1 N–H and O–H groups in total. The topological polar surface area (TPSA) is 56.3 Å². The van der Waals surface area contributed by atoms with Crippen LogP contribution in [0.15, 0.2) is 42.5 Å². The fraction of sp³-hybridized carbons (Fsp3) is 0.125. The van der Waals surface area contributed by atoms with E-state index in [0.717, 1.165) is 28.1 Å². The van der Waals surface area contributed by atoms with Gasteiger partial charge in [0.15, 0.2) is 11.5 Å². The molecule has 6 heteroatoms. The molecular weight excluding hydrogens is 302 g/mol. The lowest BCUT2D eigenvalue weighted by Crippen LogP contribution is -2.15. The lowest BCUT2D eigenvalue weighted by Gasteiger charge is -2.19. The maximum Gasteiger partial charge on any atom is 0.224 e. The number of fused-ring (bicyclic) bond motifs is 2. The van der Waals surface area contributed by atoms with Crippen molar-refractivity contribution >= 4 is 34.0 Å². The molecule has 4 rings (SSSR count). The first kappa shape index (κ1) is 13.2. The van der Waals surface area contributed by atoms with E-state index in [4.69, 9.17) is 21.1 Å². The molecule has 0 spiro atoms. The number of ether oxygens (including phenoxy) is 2. The van der Waals surface area contributed by atoms with Gasteiger partial charge in [0.05, 0.1) is 5.52 Å². The van der Waals surface area contributed by atoms with E-state index in [0.29, 0.717) is 19.0 Å². The summed E-state index contributed by atoms with van der Waals surface area (Å²) in [5, 5.41) is 4.38. The molecule has 110 valence electrons. The normalized spacial score (nSPS) is 13.1. The average Bonchev–Trinajstić information content (AvgIpc) is 2.54. The quantitative estimate of drug-likeness (QED) is 0.729. The highest BCUT2D eigenvalue weighted by molar-refractivity contribution is 6.28. The van der Waals surface area contributed by atoms with Gasteiger partial charge in [-0.25, -0.2) is 4.98 Å². The standard InChI is InChI=1S/C16H12ClN3O2/c17-16-19-12-4-2-1-3-11(12)15(20-16)18-10-5-6-13-14(9-10)22-8-7-21-13/h1-6,9H,7-8H2,(H,18,19,20). The van der Waals surface area contributed by atoms with Crippen LogP contribution < -0.4 is 14.8 Å². The molecule has 1 aliphatic heterocycles. The molecule has 3 aromatic rings. The lowest BCUT2D eigenvalue weighted by molar-refractivity contribution is 0.171. The van der Waals surface area contributed by atoms with Gasteiger partial charge in [-0.05, 0) is 35.9 Å². The SMILES string of the molecule is Clc1nc(Nc2ccc3c(c2)OCCO3)c2ccccc2n1. The van der Waals surface area contributed by atoms with Gasteiger partial charge < -0.3 is 14.8 Å². The molecule has 1 aromatic heterocycles. The van der Waals surface area contributed by atoms with E-state index in [2.05, 4.69) is 15.3 Å². The number of para-hydroxylation sites is 1. The monoisotopic (exact) mass is 313 g/mol. The zero-order chi connectivity index (χ0) is 14.9. The van der Waals surface area contributed by atoms with Crippen molar-refractivity contribution in [3.05, 3.63) is 47.7 Å².